The van der Waals surface area contributed by atoms with Crippen LogP contribution in [0.1, 0.15) is 12.0 Å². The minimum Gasteiger partial charge on any atom is -0.497 e. The minimum atomic E-state index is -0.226. The molecule has 1 N–H and O–H groups in total. The highest BCUT2D eigenvalue weighted by Crippen LogP contribution is 2.41. The van der Waals surface area contributed by atoms with Crippen LogP contribution in [0.3, 0.4) is 0 Å². The predicted octanol–water partition coefficient (Wildman–Crippen LogP) is 2.61. The molecular formula is C23H27N3O3. The predicted molar refractivity (Wildman–Crippen MR) is 112 cm³/mol. The topological polar surface area (TPSA) is 61.9 Å². The fourth-order valence-corrected chi connectivity index (χ4v) is 3.90. The number of hydrogen-bond donors (Lipinski definition) is 1. The maximum atomic E-state index is 12.8. The average molecular weight is 393 g/mol. The summed E-state index contributed by atoms with van der Waals surface area (Å²) in [5.74, 6) is 0.325. The van der Waals surface area contributed by atoms with Crippen molar-refractivity contribution in [2.24, 2.45) is 11.8 Å². The SMILES string of the molecule is COc1cccc(NC(=O)C2CC2C(=O)N2CCN(Cc3ccccc3)CC2)c1. The van der Waals surface area contributed by atoms with Crippen LogP contribution >= 0.6 is 0 Å². The summed E-state index contributed by atoms with van der Waals surface area (Å²) in [7, 11) is 1.59. The molecule has 2 amide bonds. The van der Waals surface area contributed by atoms with Crippen LogP contribution in [0.5, 0.6) is 5.75 Å². The van der Waals surface area contributed by atoms with E-state index in [9.17, 15) is 9.59 Å². The lowest BCUT2D eigenvalue weighted by molar-refractivity contribution is -0.135. The van der Waals surface area contributed by atoms with E-state index < -0.39 is 0 Å². The van der Waals surface area contributed by atoms with E-state index >= 15 is 0 Å². The maximum absolute atomic E-state index is 12.8. The Balaban J connectivity index is 1.24. The van der Waals surface area contributed by atoms with Crippen molar-refractivity contribution in [3.05, 3.63) is 60.2 Å². The van der Waals surface area contributed by atoms with Gasteiger partial charge in [0.25, 0.3) is 0 Å². The Hall–Kier alpha value is -2.86. The Kier molecular flexibility index (Phi) is 5.81. The molecule has 0 radical (unpaired) electrons. The molecule has 1 aliphatic heterocycles. The van der Waals surface area contributed by atoms with Gasteiger partial charge in [-0.25, -0.2) is 0 Å². The Labute approximate surface area is 171 Å². The van der Waals surface area contributed by atoms with Crippen LogP contribution in [0, 0.1) is 11.8 Å². The largest absolute Gasteiger partial charge is 0.497 e. The molecule has 1 saturated heterocycles. The van der Waals surface area contributed by atoms with Gasteiger partial charge < -0.3 is 15.0 Å². The van der Waals surface area contributed by atoms with Gasteiger partial charge in [0.05, 0.1) is 18.9 Å². The molecule has 2 atom stereocenters. The molecule has 0 spiro atoms. The zero-order valence-corrected chi connectivity index (χ0v) is 16.7. The first-order valence-electron chi connectivity index (χ1n) is 10.1. The second kappa shape index (κ2) is 8.66. The van der Waals surface area contributed by atoms with Crippen molar-refractivity contribution >= 4 is 17.5 Å². The number of benzene rings is 2. The zero-order chi connectivity index (χ0) is 20.2. The number of ether oxygens (including phenoxy) is 1. The van der Waals surface area contributed by atoms with Crippen molar-refractivity contribution in [2.75, 3.05) is 38.6 Å². The highest BCUT2D eigenvalue weighted by Gasteiger charge is 2.49. The molecule has 2 fully saturated rings. The minimum absolute atomic E-state index is 0.0840. The Morgan fingerprint density at radius 2 is 1.76 bits per heavy atom. The number of rotatable bonds is 6. The van der Waals surface area contributed by atoms with Gasteiger partial charge in [0, 0.05) is 44.5 Å². The van der Waals surface area contributed by atoms with Gasteiger partial charge in [-0.05, 0) is 24.1 Å². The standard InChI is InChI=1S/C23H27N3O3/c1-29-19-9-5-8-18(14-19)24-22(27)20-15-21(20)23(28)26-12-10-25(11-13-26)16-17-6-3-2-4-7-17/h2-9,14,20-21H,10-13,15-16H2,1H3,(H,24,27). The average Bonchev–Trinajstić information content (AvgIpc) is 3.56. The van der Waals surface area contributed by atoms with Crippen LogP contribution in [0.4, 0.5) is 5.69 Å². The van der Waals surface area contributed by atoms with Crippen LogP contribution in [0.2, 0.25) is 0 Å². The fourth-order valence-electron chi connectivity index (χ4n) is 3.90. The van der Waals surface area contributed by atoms with Gasteiger partial charge in [-0.2, -0.15) is 0 Å². The molecule has 0 bridgehead atoms. The molecule has 1 saturated carbocycles. The van der Waals surface area contributed by atoms with E-state index in [2.05, 4.69) is 34.5 Å². The Bertz CT molecular complexity index is 863. The molecule has 1 heterocycles. The molecule has 2 aromatic carbocycles. The number of carbonyl (C=O) groups is 2. The number of carbonyl (C=O) groups excluding carboxylic acids is 2. The summed E-state index contributed by atoms with van der Waals surface area (Å²) in [5.41, 5.74) is 1.99. The third kappa shape index (κ3) is 4.77. The van der Waals surface area contributed by atoms with E-state index in [0.717, 1.165) is 32.7 Å². The summed E-state index contributed by atoms with van der Waals surface area (Å²) in [6.45, 7) is 4.11. The van der Waals surface area contributed by atoms with Crippen LogP contribution in [-0.4, -0.2) is 54.9 Å². The molecular weight excluding hydrogens is 366 g/mol. The second-order valence-electron chi connectivity index (χ2n) is 7.76. The Morgan fingerprint density at radius 1 is 1.00 bits per heavy atom. The molecule has 2 aliphatic rings. The number of nitrogens with zero attached hydrogens (tertiary/aromatic N) is 2. The molecule has 152 valence electrons. The molecule has 29 heavy (non-hydrogen) atoms. The van der Waals surface area contributed by atoms with Crippen molar-refractivity contribution in [1.29, 1.82) is 0 Å². The van der Waals surface area contributed by atoms with Crippen molar-refractivity contribution in [3.8, 4) is 5.75 Å². The molecule has 6 heteroatoms. The lowest BCUT2D eigenvalue weighted by Crippen LogP contribution is -2.49. The van der Waals surface area contributed by atoms with Crippen molar-refractivity contribution in [1.82, 2.24) is 9.80 Å². The summed E-state index contributed by atoms with van der Waals surface area (Å²) < 4.78 is 5.18. The van der Waals surface area contributed by atoms with Gasteiger partial charge in [-0.3, -0.25) is 14.5 Å². The van der Waals surface area contributed by atoms with Gasteiger partial charge in [-0.1, -0.05) is 36.4 Å². The molecule has 2 unspecified atom stereocenters. The second-order valence-corrected chi connectivity index (χ2v) is 7.76. The summed E-state index contributed by atoms with van der Waals surface area (Å²) in [6.07, 6.45) is 0.638. The number of methoxy groups -OCH3 is 1. The quantitative estimate of drug-likeness (QED) is 0.820. The molecule has 4 rings (SSSR count). The smallest absolute Gasteiger partial charge is 0.228 e. The van der Waals surface area contributed by atoms with E-state index in [1.54, 1.807) is 13.2 Å². The first kappa shape index (κ1) is 19.5. The lowest BCUT2D eigenvalue weighted by Gasteiger charge is -2.35. The fraction of sp³-hybridized carbons (Fsp3) is 0.391. The first-order valence-corrected chi connectivity index (χ1v) is 10.1. The van der Waals surface area contributed by atoms with Gasteiger partial charge in [0.2, 0.25) is 11.8 Å². The summed E-state index contributed by atoms with van der Waals surface area (Å²) in [4.78, 5) is 29.6. The number of hydrogen-bond acceptors (Lipinski definition) is 4. The van der Waals surface area contributed by atoms with Crippen molar-refractivity contribution in [2.45, 2.75) is 13.0 Å². The molecule has 0 aromatic heterocycles. The number of anilines is 1. The number of nitrogens with one attached hydrogen (secondary N) is 1. The monoisotopic (exact) mass is 393 g/mol. The van der Waals surface area contributed by atoms with Gasteiger partial charge in [0.1, 0.15) is 5.75 Å². The lowest BCUT2D eigenvalue weighted by atomic mass is 10.2. The van der Waals surface area contributed by atoms with E-state index in [1.807, 2.05) is 29.2 Å². The maximum Gasteiger partial charge on any atom is 0.228 e. The first-order chi connectivity index (χ1) is 14.1. The molecule has 2 aromatic rings. The summed E-state index contributed by atoms with van der Waals surface area (Å²) in [6, 6.07) is 17.7. The highest BCUT2D eigenvalue weighted by atomic mass is 16.5. The van der Waals surface area contributed by atoms with E-state index in [-0.39, 0.29) is 23.7 Å². The number of amides is 2. The van der Waals surface area contributed by atoms with Crippen LogP contribution in [0.25, 0.3) is 0 Å². The third-order valence-corrected chi connectivity index (χ3v) is 5.71. The molecule has 1 aliphatic carbocycles. The van der Waals surface area contributed by atoms with Crippen molar-refractivity contribution < 1.29 is 14.3 Å². The Morgan fingerprint density at radius 3 is 2.48 bits per heavy atom. The zero-order valence-electron chi connectivity index (χ0n) is 16.7. The van der Waals surface area contributed by atoms with Gasteiger partial charge in [0.15, 0.2) is 0 Å². The van der Waals surface area contributed by atoms with Crippen LogP contribution in [-0.2, 0) is 16.1 Å². The van der Waals surface area contributed by atoms with E-state index in [0.29, 0.717) is 17.9 Å². The summed E-state index contributed by atoms with van der Waals surface area (Å²) >= 11 is 0. The van der Waals surface area contributed by atoms with Gasteiger partial charge >= 0.3 is 0 Å². The molecule has 6 nitrogen and oxygen atoms in total. The van der Waals surface area contributed by atoms with Gasteiger partial charge in [-0.15, -0.1) is 0 Å². The van der Waals surface area contributed by atoms with E-state index in [4.69, 9.17) is 4.74 Å². The van der Waals surface area contributed by atoms with Crippen LogP contribution in [0.15, 0.2) is 54.6 Å². The third-order valence-electron chi connectivity index (χ3n) is 5.71. The number of piperazine rings is 1. The highest BCUT2D eigenvalue weighted by molar-refractivity contribution is 5.99. The van der Waals surface area contributed by atoms with E-state index in [1.165, 1.54) is 5.56 Å². The summed E-state index contributed by atoms with van der Waals surface area (Å²) in [5, 5.41) is 2.90. The normalized spacial score (nSPS) is 21.5. The van der Waals surface area contributed by atoms with Crippen molar-refractivity contribution in [3.63, 3.8) is 0 Å². The van der Waals surface area contributed by atoms with Crippen LogP contribution < -0.4 is 10.1 Å².